The fourth-order valence-corrected chi connectivity index (χ4v) is 3.40. The second kappa shape index (κ2) is 6.72. The predicted molar refractivity (Wildman–Crippen MR) is 71.3 cm³/mol. The van der Waals surface area contributed by atoms with E-state index >= 15 is 0 Å². The third kappa shape index (κ3) is 3.43. The molecule has 0 radical (unpaired) electrons. The Morgan fingerprint density at radius 2 is 2.06 bits per heavy atom. The van der Waals surface area contributed by atoms with Gasteiger partial charge in [0.15, 0.2) is 0 Å². The van der Waals surface area contributed by atoms with Gasteiger partial charge in [-0.05, 0) is 32.9 Å². The van der Waals surface area contributed by atoms with Gasteiger partial charge in [-0.1, -0.05) is 19.8 Å². The van der Waals surface area contributed by atoms with Crippen molar-refractivity contribution in [1.82, 2.24) is 10.2 Å². The molecule has 2 atom stereocenters. The first kappa shape index (κ1) is 13.3. The van der Waals surface area contributed by atoms with Gasteiger partial charge in [0.25, 0.3) is 0 Å². The van der Waals surface area contributed by atoms with Gasteiger partial charge in [-0.25, -0.2) is 0 Å². The smallest absolute Gasteiger partial charge is 0.0510 e. The molecule has 1 heterocycles. The zero-order valence-electron chi connectivity index (χ0n) is 11.5. The molecule has 2 fully saturated rings. The summed E-state index contributed by atoms with van der Waals surface area (Å²) in [6.45, 7) is 6.60. The van der Waals surface area contributed by atoms with Gasteiger partial charge in [0.1, 0.15) is 0 Å². The highest BCUT2D eigenvalue weighted by Crippen LogP contribution is 2.25. The van der Waals surface area contributed by atoms with Gasteiger partial charge in [-0.15, -0.1) is 0 Å². The standard InChI is InChI=1S/C14H28N2O/c1-3-16(13-6-4-5-7-13)10-14(15-2)12-8-9-17-11-12/h12-15H,3-11H2,1-2H3. The molecule has 1 aliphatic carbocycles. The van der Waals surface area contributed by atoms with Crippen LogP contribution in [0.1, 0.15) is 39.0 Å². The minimum Gasteiger partial charge on any atom is -0.381 e. The molecule has 1 aliphatic heterocycles. The molecular weight excluding hydrogens is 212 g/mol. The predicted octanol–water partition coefficient (Wildman–Crippen LogP) is 1.88. The molecule has 0 aromatic carbocycles. The maximum atomic E-state index is 5.52. The molecule has 0 spiro atoms. The Labute approximate surface area is 106 Å². The summed E-state index contributed by atoms with van der Waals surface area (Å²) in [6, 6.07) is 1.45. The van der Waals surface area contributed by atoms with E-state index in [4.69, 9.17) is 4.74 Å². The van der Waals surface area contributed by atoms with Crippen molar-refractivity contribution >= 4 is 0 Å². The van der Waals surface area contributed by atoms with Crippen molar-refractivity contribution in [2.45, 2.75) is 51.1 Å². The molecule has 1 N–H and O–H groups in total. The van der Waals surface area contributed by atoms with E-state index in [2.05, 4.69) is 24.2 Å². The molecule has 3 heteroatoms. The van der Waals surface area contributed by atoms with Crippen LogP contribution in [0.3, 0.4) is 0 Å². The van der Waals surface area contributed by atoms with Crippen LogP contribution in [0.15, 0.2) is 0 Å². The van der Waals surface area contributed by atoms with Crippen LogP contribution in [0, 0.1) is 5.92 Å². The number of likely N-dealkylation sites (N-methyl/N-ethyl adjacent to an activating group) is 2. The molecule has 1 saturated carbocycles. The highest BCUT2D eigenvalue weighted by atomic mass is 16.5. The van der Waals surface area contributed by atoms with Gasteiger partial charge in [0.2, 0.25) is 0 Å². The zero-order valence-corrected chi connectivity index (χ0v) is 11.5. The van der Waals surface area contributed by atoms with E-state index < -0.39 is 0 Å². The fourth-order valence-electron chi connectivity index (χ4n) is 3.40. The first-order chi connectivity index (χ1) is 8.35. The number of ether oxygens (including phenoxy) is 1. The summed E-state index contributed by atoms with van der Waals surface area (Å²) in [6.07, 6.45) is 6.90. The first-order valence-electron chi connectivity index (χ1n) is 7.34. The minimum absolute atomic E-state index is 0.609. The average Bonchev–Trinajstić information content (AvgIpc) is 3.03. The summed E-state index contributed by atoms with van der Waals surface area (Å²) in [7, 11) is 2.10. The summed E-state index contributed by atoms with van der Waals surface area (Å²) in [5.74, 6) is 0.718. The molecular formula is C14H28N2O. The van der Waals surface area contributed by atoms with E-state index in [1.807, 2.05) is 0 Å². The topological polar surface area (TPSA) is 24.5 Å². The molecule has 0 aromatic heterocycles. The highest BCUT2D eigenvalue weighted by Gasteiger charge is 2.29. The molecule has 3 nitrogen and oxygen atoms in total. The van der Waals surface area contributed by atoms with Crippen LogP contribution in [0.2, 0.25) is 0 Å². The van der Waals surface area contributed by atoms with E-state index in [9.17, 15) is 0 Å². The van der Waals surface area contributed by atoms with Gasteiger partial charge in [0.05, 0.1) is 6.61 Å². The lowest BCUT2D eigenvalue weighted by Crippen LogP contribution is -2.47. The van der Waals surface area contributed by atoms with Crippen molar-refractivity contribution in [2.75, 3.05) is 33.4 Å². The SMILES string of the molecule is CCN(CC(NC)C1CCOC1)C1CCCC1. The normalized spacial score (nSPS) is 28.1. The van der Waals surface area contributed by atoms with Crippen molar-refractivity contribution in [3.8, 4) is 0 Å². The van der Waals surface area contributed by atoms with E-state index in [-0.39, 0.29) is 0 Å². The fraction of sp³-hybridized carbons (Fsp3) is 1.00. The van der Waals surface area contributed by atoms with E-state index in [0.717, 1.165) is 25.2 Å². The van der Waals surface area contributed by atoms with Crippen LogP contribution < -0.4 is 5.32 Å². The molecule has 1 saturated heterocycles. The van der Waals surface area contributed by atoms with Crippen LogP contribution >= 0.6 is 0 Å². The summed E-state index contributed by atoms with van der Waals surface area (Å²) in [5.41, 5.74) is 0. The Morgan fingerprint density at radius 1 is 1.29 bits per heavy atom. The third-order valence-corrected chi connectivity index (χ3v) is 4.58. The summed E-state index contributed by atoms with van der Waals surface area (Å²) in [5, 5.41) is 3.51. The Hall–Kier alpha value is -0.120. The van der Waals surface area contributed by atoms with Gasteiger partial charge >= 0.3 is 0 Å². The van der Waals surface area contributed by atoms with E-state index in [1.54, 1.807) is 0 Å². The third-order valence-electron chi connectivity index (χ3n) is 4.58. The first-order valence-corrected chi connectivity index (χ1v) is 7.34. The molecule has 2 rings (SSSR count). The molecule has 2 aliphatic rings. The minimum atomic E-state index is 0.609. The van der Waals surface area contributed by atoms with Crippen LogP contribution in [-0.4, -0.2) is 50.3 Å². The van der Waals surface area contributed by atoms with Crippen molar-refractivity contribution in [2.24, 2.45) is 5.92 Å². The molecule has 0 aromatic rings. The Bertz CT molecular complexity index is 188. The van der Waals surface area contributed by atoms with Crippen molar-refractivity contribution in [3.05, 3.63) is 0 Å². The molecule has 2 unspecified atom stereocenters. The lowest BCUT2D eigenvalue weighted by Gasteiger charge is -2.33. The van der Waals surface area contributed by atoms with Crippen molar-refractivity contribution < 1.29 is 4.74 Å². The lowest BCUT2D eigenvalue weighted by molar-refractivity contribution is 0.146. The lowest BCUT2D eigenvalue weighted by atomic mass is 9.98. The zero-order chi connectivity index (χ0) is 12.1. The molecule has 17 heavy (non-hydrogen) atoms. The second-order valence-electron chi connectivity index (χ2n) is 5.54. The second-order valence-corrected chi connectivity index (χ2v) is 5.54. The van der Waals surface area contributed by atoms with E-state index in [0.29, 0.717) is 6.04 Å². The maximum absolute atomic E-state index is 5.52. The monoisotopic (exact) mass is 240 g/mol. The number of nitrogens with one attached hydrogen (secondary N) is 1. The van der Waals surface area contributed by atoms with Crippen LogP contribution in [0.4, 0.5) is 0 Å². The number of nitrogens with zero attached hydrogens (tertiary/aromatic N) is 1. The molecule has 0 amide bonds. The number of hydrogen-bond acceptors (Lipinski definition) is 3. The van der Waals surface area contributed by atoms with Gasteiger partial charge in [-0.2, -0.15) is 0 Å². The number of rotatable bonds is 6. The number of hydrogen-bond donors (Lipinski definition) is 1. The van der Waals surface area contributed by atoms with Crippen molar-refractivity contribution in [1.29, 1.82) is 0 Å². The van der Waals surface area contributed by atoms with Gasteiger partial charge in [-0.3, -0.25) is 4.90 Å². The largest absolute Gasteiger partial charge is 0.381 e. The molecule has 0 bridgehead atoms. The van der Waals surface area contributed by atoms with E-state index in [1.165, 1.54) is 45.2 Å². The summed E-state index contributed by atoms with van der Waals surface area (Å²) >= 11 is 0. The van der Waals surface area contributed by atoms with Crippen LogP contribution in [0.25, 0.3) is 0 Å². The Morgan fingerprint density at radius 3 is 2.59 bits per heavy atom. The Kier molecular flexibility index (Phi) is 5.26. The van der Waals surface area contributed by atoms with Crippen LogP contribution in [-0.2, 0) is 4.74 Å². The Balaban J connectivity index is 1.86. The summed E-state index contributed by atoms with van der Waals surface area (Å²) in [4.78, 5) is 2.69. The average molecular weight is 240 g/mol. The van der Waals surface area contributed by atoms with Gasteiger partial charge < -0.3 is 10.1 Å². The van der Waals surface area contributed by atoms with Gasteiger partial charge in [0, 0.05) is 31.2 Å². The maximum Gasteiger partial charge on any atom is 0.0510 e. The van der Waals surface area contributed by atoms with Crippen LogP contribution in [0.5, 0.6) is 0 Å². The quantitative estimate of drug-likeness (QED) is 0.767. The molecule has 100 valence electrons. The van der Waals surface area contributed by atoms with Crippen molar-refractivity contribution in [3.63, 3.8) is 0 Å². The summed E-state index contributed by atoms with van der Waals surface area (Å²) < 4.78 is 5.52. The highest BCUT2D eigenvalue weighted by molar-refractivity contribution is 4.85.